The number of amides is 1. The highest BCUT2D eigenvalue weighted by atomic mass is 32.2. The third-order valence-electron chi connectivity index (χ3n) is 2.41. The van der Waals surface area contributed by atoms with Crippen molar-refractivity contribution in [1.82, 2.24) is 20.1 Å². The molecule has 6 nitrogen and oxygen atoms in total. The maximum absolute atomic E-state index is 12.0. The van der Waals surface area contributed by atoms with Gasteiger partial charge in [0.25, 0.3) is 5.91 Å². The van der Waals surface area contributed by atoms with Gasteiger partial charge in [-0.2, -0.15) is 16.7 Å². The van der Waals surface area contributed by atoms with Crippen molar-refractivity contribution in [3.05, 3.63) is 5.82 Å². The molecule has 0 radical (unpaired) electrons. The summed E-state index contributed by atoms with van der Waals surface area (Å²) in [6.07, 6.45) is 0. The molecule has 1 saturated heterocycles. The van der Waals surface area contributed by atoms with Crippen molar-refractivity contribution in [3.63, 3.8) is 0 Å². The van der Waals surface area contributed by atoms with E-state index in [1.807, 2.05) is 11.8 Å². The standard InChI is InChI=1S/C9H15N5OS/c1-5-3-14(4-6(2)16-5)8(15)7-11-9(10)13-12-7/h5-6H,3-4H2,1-2H3,(H3,10,11,12,13). The number of carbonyl (C=O) groups is 1. The topological polar surface area (TPSA) is 87.9 Å². The Hall–Kier alpha value is -1.24. The molecule has 3 N–H and O–H groups in total. The molecule has 1 aromatic rings. The second kappa shape index (κ2) is 4.32. The third-order valence-corrected chi connectivity index (χ3v) is 3.64. The zero-order valence-electron chi connectivity index (χ0n) is 9.30. The number of nitrogens with one attached hydrogen (secondary N) is 1. The molecule has 16 heavy (non-hydrogen) atoms. The summed E-state index contributed by atoms with van der Waals surface area (Å²) < 4.78 is 0. The number of thioether (sulfide) groups is 1. The van der Waals surface area contributed by atoms with Crippen molar-refractivity contribution in [3.8, 4) is 0 Å². The molecule has 1 fully saturated rings. The highest BCUT2D eigenvalue weighted by Crippen LogP contribution is 2.25. The quantitative estimate of drug-likeness (QED) is 0.741. The molecule has 0 aromatic carbocycles. The predicted octanol–water partition coefficient (Wildman–Crippen LogP) is 0.353. The van der Waals surface area contributed by atoms with E-state index in [2.05, 4.69) is 29.0 Å². The van der Waals surface area contributed by atoms with E-state index < -0.39 is 0 Å². The Labute approximate surface area is 98.0 Å². The maximum atomic E-state index is 12.0. The number of anilines is 1. The molecule has 2 rings (SSSR count). The molecule has 0 spiro atoms. The largest absolute Gasteiger partial charge is 0.366 e. The van der Waals surface area contributed by atoms with E-state index in [4.69, 9.17) is 5.73 Å². The second-order valence-electron chi connectivity index (χ2n) is 4.01. The average Bonchev–Trinajstić information content (AvgIpc) is 2.62. The Morgan fingerprint density at radius 3 is 2.62 bits per heavy atom. The van der Waals surface area contributed by atoms with Crippen molar-refractivity contribution < 1.29 is 4.79 Å². The molecule has 88 valence electrons. The van der Waals surface area contributed by atoms with Crippen LogP contribution >= 0.6 is 11.8 Å². The fraction of sp³-hybridized carbons (Fsp3) is 0.667. The first-order valence-electron chi connectivity index (χ1n) is 5.19. The minimum absolute atomic E-state index is 0.107. The lowest BCUT2D eigenvalue weighted by Crippen LogP contribution is -2.44. The average molecular weight is 241 g/mol. The van der Waals surface area contributed by atoms with Crippen molar-refractivity contribution in [2.24, 2.45) is 0 Å². The molecule has 2 unspecified atom stereocenters. The summed E-state index contributed by atoms with van der Waals surface area (Å²) in [6.45, 7) is 5.73. The summed E-state index contributed by atoms with van der Waals surface area (Å²) in [5.74, 6) is 0.211. The predicted molar refractivity (Wildman–Crippen MR) is 63.2 cm³/mol. The fourth-order valence-electron chi connectivity index (χ4n) is 1.86. The zero-order valence-corrected chi connectivity index (χ0v) is 10.1. The minimum atomic E-state index is -0.122. The van der Waals surface area contributed by atoms with Crippen LogP contribution in [0.3, 0.4) is 0 Å². The maximum Gasteiger partial charge on any atom is 0.291 e. The van der Waals surface area contributed by atoms with Crippen LogP contribution in [0.25, 0.3) is 0 Å². The van der Waals surface area contributed by atoms with Crippen LogP contribution in [0.15, 0.2) is 0 Å². The molecule has 0 aliphatic carbocycles. The number of H-pyrrole nitrogens is 1. The van der Waals surface area contributed by atoms with Crippen molar-refractivity contribution in [1.29, 1.82) is 0 Å². The molecular weight excluding hydrogens is 226 g/mol. The van der Waals surface area contributed by atoms with E-state index in [-0.39, 0.29) is 17.7 Å². The van der Waals surface area contributed by atoms with Gasteiger partial charge in [0, 0.05) is 23.6 Å². The summed E-state index contributed by atoms with van der Waals surface area (Å²) in [4.78, 5) is 17.7. The fourth-order valence-corrected chi connectivity index (χ4v) is 3.19. The molecule has 7 heteroatoms. The molecular formula is C9H15N5OS. The van der Waals surface area contributed by atoms with Gasteiger partial charge in [0.1, 0.15) is 0 Å². The van der Waals surface area contributed by atoms with Crippen LogP contribution < -0.4 is 5.73 Å². The van der Waals surface area contributed by atoms with Gasteiger partial charge in [0.15, 0.2) is 0 Å². The molecule has 2 heterocycles. The van der Waals surface area contributed by atoms with Crippen molar-refractivity contribution in [2.45, 2.75) is 24.3 Å². The van der Waals surface area contributed by atoms with Crippen LogP contribution in [0, 0.1) is 0 Å². The number of rotatable bonds is 1. The second-order valence-corrected chi connectivity index (χ2v) is 5.89. The first kappa shape index (κ1) is 11.3. The first-order chi connectivity index (χ1) is 7.56. The van der Waals surface area contributed by atoms with Crippen LogP contribution in [0.5, 0.6) is 0 Å². The van der Waals surface area contributed by atoms with Gasteiger partial charge in [-0.3, -0.25) is 9.89 Å². The van der Waals surface area contributed by atoms with Gasteiger partial charge in [0.05, 0.1) is 0 Å². The molecule has 1 aromatic heterocycles. The van der Waals surface area contributed by atoms with Crippen LogP contribution in [-0.2, 0) is 0 Å². The SMILES string of the molecule is CC1CN(C(=O)c2nc(N)n[nH]2)CC(C)S1. The van der Waals surface area contributed by atoms with Crippen LogP contribution in [0.1, 0.15) is 24.5 Å². The van der Waals surface area contributed by atoms with Gasteiger partial charge in [-0.05, 0) is 0 Å². The lowest BCUT2D eigenvalue weighted by atomic mass is 10.3. The van der Waals surface area contributed by atoms with Crippen LogP contribution in [0.2, 0.25) is 0 Å². The van der Waals surface area contributed by atoms with Gasteiger partial charge >= 0.3 is 0 Å². The number of aromatic amines is 1. The number of nitrogens with zero attached hydrogens (tertiary/aromatic N) is 3. The molecule has 1 aliphatic rings. The Morgan fingerprint density at radius 1 is 1.50 bits per heavy atom. The van der Waals surface area contributed by atoms with Gasteiger partial charge < -0.3 is 10.6 Å². The van der Waals surface area contributed by atoms with E-state index in [1.54, 1.807) is 4.90 Å². The highest BCUT2D eigenvalue weighted by molar-refractivity contribution is 8.00. The number of aromatic nitrogens is 3. The molecule has 0 bridgehead atoms. The Balaban J connectivity index is 2.09. The zero-order chi connectivity index (χ0) is 11.7. The van der Waals surface area contributed by atoms with E-state index in [0.717, 1.165) is 13.1 Å². The minimum Gasteiger partial charge on any atom is -0.366 e. The van der Waals surface area contributed by atoms with Crippen LogP contribution in [0.4, 0.5) is 5.95 Å². The Bertz CT molecular complexity index is 383. The summed E-state index contributed by atoms with van der Waals surface area (Å²) >= 11 is 1.90. The lowest BCUT2D eigenvalue weighted by Gasteiger charge is -2.33. The van der Waals surface area contributed by atoms with Crippen LogP contribution in [-0.4, -0.2) is 49.6 Å². The lowest BCUT2D eigenvalue weighted by molar-refractivity contribution is 0.0741. The van der Waals surface area contributed by atoms with Gasteiger partial charge in [-0.1, -0.05) is 13.8 Å². The Kier molecular flexibility index (Phi) is 3.04. The molecule has 2 atom stereocenters. The normalized spacial score (nSPS) is 25.8. The molecule has 0 saturated carbocycles. The summed E-state index contributed by atoms with van der Waals surface area (Å²) in [6, 6.07) is 0. The van der Waals surface area contributed by atoms with E-state index >= 15 is 0 Å². The number of nitrogen functional groups attached to an aromatic ring is 1. The molecule has 1 aliphatic heterocycles. The monoisotopic (exact) mass is 241 g/mol. The number of hydrogen-bond acceptors (Lipinski definition) is 5. The number of carbonyl (C=O) groups excluding carboxylic acids is 1. The first-order valence-corrected chi connectivity index (χ1v) is 6.13. The van der Waals surface area contributed by atoms with Crippen molar-refractivity contribution in [2.75, 3.05) is 18.8 Å². The van der Waals surface area contributed by atoms with E-state index in [0.29, 0.717) is 10.5 Å². The third kappa shape index (κ3) is 2.29. The molecule has 1 amide bonds. The smallest absolute Gasteiger partial charge is 0.291 e. The summed E-state index contributed by atoms with van der Waals surface area (Å²) in [7, 11) is 0. The van der Waals surface area contributed by atoms with E-state index in [9.17, 15) is 4.79 Å². The number of nitrogens with two attached hydrogens (primary N) is 1. The summed E-state index contributed by atoms with van der Waals surface area (Å²) in [5, 5.41) is 7.11. The Morgan fingerprint density at radius 2 is 2.12 bits per heavy atom. The van der Waals surface area contributed by atoms with E-state index in [1.165, 1.54) is 0 Å². The summed E-state index contributed by atoms with van der Waals surface area (Å²) in [5.41, 5.74) is 5.37. The number of hydrogen-bond donors (Lipinski definition) is 2. The van der Waals surface area contributed by atoms with Crippen molar-refractivity contribution >= 4 is 23.6 Å². The van der Waals surface area contributed by atoms with Gasteiger partial charge in [-0.25, -0.2) is 0 Å². The van der Waals surface area contributed by atoms with Gasteiger partial charge in [0.2, 0.25) is 11.8 Å². The van der Waals surface area contributed by atoms with Gasteiger partial charge in [-0.15, -0.1) is 5.10 Å². The highest BCUT2D eigenvalue weighted by Gasteiger charge is 2.28.